The van der Waals surface area contributed by atoms with E-state index in [1.54, 1.807) is 30.3 Å². The Morgan fingerprint density at radius 3 is 1.93 bits per heavy atom. The van der Waals surface area contributed by atoms with Crippen molar-refractivity contribution in [1.82, 2.24) is 0 Å². The standard InChI is InChI=1S/C9H8O2.C6H6O.C3H4Cl2O.2C2H6/c10-8-5-6-11-9-4-2-1-3-7(8)9;7-6-4-2-1-3-5-6;4-2-1-3(5)6;2*1-2/h1-4H,5-6H2;1-5,7H;1-2H2;2*1-2H3. The van der Waals surface area contributed by atoms with Gasteiger partial charge in [0, 0.05) is 18.7 Å². The van der Waals surface area contributed by atoms with E-state index < -0.39 is 0 Å². The number of hydrogen-bond acceptors (Lipinski definition) is 4. The first-order valence-electron chi connectivity index (χ1n) is 9.28. The third-order valence-corrected chi connectivity index (χ3v) is 3.20. The molecule has 0 saturated carbocycles. The zero-order chi connectivity index (χ0) is 21.8. The average Bonchev–Trinajstić information content (AvgIpc) is 2.73. The molecule has 0 bridgehead atoms. The topological polar surface area (TPSA) is 63.6 Å². The summed E-state index contributed by atoms with van der Waals surface area (Å²) >= 11 is 9.95. The van der Waals surface area contributed by atoms with Gasteiger partial charge in [-0.05, 0) is 35.9 Å². The number of para-hydroxylation sites is 2. The molecule has 0 fully saturated rings. The third kappa shape index (κ3) is 14.1. The Bertz CT molecular complexity index is 646. The van der Waals surface area contributed by atoms with E-state index in [1.165, 1.54) is 0 Å². The number of aromatic hydroxyl groups is 1. The summed E-state index contributed by atoms with van der Waals surface area (Å²) in [5.74, 6) is 1.56. The molecule has 4 nitrogen and oxygen atoms in total. The van der Waals surface area contributed by atoms with E-state index >= 15 is 0 Å². The van der Waals surface area contributed by atoms with E-state index in [4.69, 9.17) is 33.0 Å². The number of benzene rings is 2. The van der Waals surface area contributed by atoms with Crippen LogP contribution in [0.15, 0.2) is 54.6 Å². The molecule has 6 heteroatoms. The molecule has 1 N–H and O–H groups in total. The minimum atomic E-state index is -0.370. The predicted octanol–water partition coefficient (Wildman–Crippen LogP) is 6.48. The number of Topliss-reactive ketones (excluding diaryl/α,β-unsaturated/α-hetero) is 1. The van der Waals surface area contributed by atoms with Gasteiger partial charge in [0.1, 0.15) is 11.5 Å². The monoisotopic (exact) mass is 428 g/mol. The summed E-state index contributed by atoms with van der Waals surface area (Å²) in [6, 6.07) is 16.1. The quantitative estimate of drug-likeness (QED) is 0.439. The van der Waals surface area contributed by atoms with Crippen LogP contribution in [0.3, 0.4) is 0 Å². The molecule has 0 amide bonds. The van der Waals surface area contributed by atoms with Crippen molar-refractivity contribution in [3.8, 4) is 11.5 Å². The molecular formula is C22H30Cl2O4. The molecule has 0 spiro atoms. The maximum absolute atomic E-state index is 11.2. The van der Waals surface area contributed by atoms with Gasteiger partial charge in [0.15, 0.2) is 5.78 Å². The zero-order valence-electron chi connectivity index (χ0n) is 17.0. The Labute approximate surface area is 178 Å². The number of fused-ring (bicyclic) bond motifs is 1. The van der Waals surface area contributed by atoms with Crippen molar-refractivity contribution >= 4 is 34.2 Å². The zero-order valence-corrected chi connectivity index (χ0v) is 18.5. The van der Waals surface area contributed by atoms with E-state index in [0.29, 0.717) is 24.7 Å². The number of alkyl halides is 1. The van der Waals surface area contributed by atoms with E-state index in [1.807, 2.05) is 52.0 Å². The number of halogens is 2. The lowest BCUT2D eigenvalue weighted by atomic mass is 10.1. The third-order valence-electron chi connectivity index (χ3n) is 2.82. The van der Waals surface area contributed by atoms with Crippen LogP contribution in [-0.2, 0) is 4.79 Å². The van der Waals surface area contributed by atoms with Gasteiger partial charge < -0.3 is 9.84 Å². The first kappa shape index (κ1) is 28.2. The van der Waals surface area contributed by atoms with Crippen molar-refractivity contribution in [2.75, 3.05) is 12.5 Å². The lowest BCUT2D eigenvalue weighted by molar-refractivity contribution is -0.111. The Morgan fingerprint density at radius 2 is 1.54 bits per heavy atom. The SMILES string of the molecule is CC.CC.O=C(Cl)CCCl.O=C1CCOc2ccccc21.Oc1ccccc1. The number of ether oxygens (including phenoxy) is 1. The second-order valence-corrected chi connectivity index (χ2v) is 5.45. The van der Waals surface area contributed by atoms with Gasteiger partial charge in [0.25, 0.3) is 0 Å². The molecule has 2 aromatic rings. The Balaban J connectivity index is 0. The Morgan fingerprint density at radius 1 is 1.00 bits per heavy atom. The predicted molar refractivity (Wildman–Crippen MR) is 118 cm³/mol. The second kappa shape index (κ2) is 19.7. The smallest absolute Gasteiger partial charge is 0.222 e. The highest BCUT2D eigenvalue weighted by Gasteiger charge is 2.16. The van der Waals surface area contributed by atoms with Crippen molar-refractivity contribution < 1.29 is 19.4 Å². The minimum absolute atomic E-state index is 0.187. The summed E-state index contributed by atoms with van der Waals surface area (Å²) in [5.41, 5.74) is 0.721. The van der Waals surface area contributed by atoms with Crippen LogP contribution in [0.5, 0.6) is 11.5 Å². The Hall–Kier alpha value is -2.04. The number of hydrogen-bond donors (Lipinski definition) is 1. The van der Waals surface area contributed by atoms with Crippen molar-refractivity contribution in [1.29, 1.82) is 0 Å². The van der Waals surface area contributed by atoms with Crippen molar-refractivity contribution in [3.63, 3.8) is 0 Å². The number of carbonyl (C=O) groups is 2. The van der Waals surface area contributed by atoms with Crippen molar-refractivity contribution in [2.24, 2.45) is 0 Å². The summed E-state index contributed by atoms with van der Waals surface area (Å²) < 4.78 is 5.27. The van der Waals surface area contributed by atoms with Crippen LogP contribution in [0.2, 0.25) is 0 Å². The maximum atomic E-state index is 11.2. The normalized spacial score (nSPS) is 10.4. The second-order valence-electron chi connectivity index (χ2n) is 4.65. The summed E-state index contributed by atoms with van der Waals surface area (Å²) in [6.07, 6.45) is 0.778. The Kier molecular flexibility index (Phi) is 19.8. The van der Waals surface area contributed by atoms with Crippen molar-refractivity contribution in [3.05, 3.63) is 60.2 Å². The number of ketones is 1. The largest absolute Gasteiger partial charge is 0.508 e. The molecule has 0 aliphatic carbocycles. The fourth-order valence-corrected chi connectivity index (χ4v) is 2.08. The van der Waals surface area contributed by atoms with Gasteiger partial charge in [0.05, 0.1) is 12.2 Å². The summed E-state index contributed by atoms with van der Waals surface area (Å²) in [5, 5.41) is 8.26. The van der Waals surface area contributed by atoms with Gasteiger partial charge in [-0.3, -0.25) is 9.59 Å². The molecule has 1 aliphatic heterocycles. The highest BCUT2D eigenvalue weighted by atomic mass is 35.5. The van der Waals surface area contributed by atoms with Crippen LogP contribution < -0.4 is 4.74 Å². The summed E-state index contributed by atoms with van der Waals surface area (Å²) in [6.45, 7) is 8.52. The van der Waals surface area contributed by atoms with Gasteiger partial charge in [0.2, 0.25) is 5.24 Å². The fourth-order valence-electron chi connectivity index (χ4n) is 1.71. The highest BCUT2D eigenvalue weighted by molar-refractivity contribution is 6.63. The molecule has 0 radical (unpaired) electrons. The molecule has 0 saturated heterocycles. The van der Waals surface area contributed by atoms with E-state index in [2.05, 4.69) is 0 Å². The molecule has 1 aliphatic rings. The van der Waals surface area contributed by atoms with Gasteiger partial charge in [-0.25, -0.2) is 0 Å². The number of phenolic OH excluding ortho intramolecular Hbond substituents is 1. The van der Waals surface area contributed by atoms with Gasteiger partial charge >= 0.3 is 0 Å². The van der Waals surface area contributed by atoms with E-state index in [-0.39, 0.29) is 17.4 Å². The first-order valence-corrected chi connectivity index (χ1v) is 10.2. The lowest BCUT2D eigenvalue weighted by Gasteiger charge is -2.14. The van der Waals surface area contributed by atoms with E-state index in [9.17, 15) is 9.59 Å². The van der Waals surface area contributed by atoms with Crippen LogP contribution in [-0.4, -0.2) is 28.6 Å². The maximum Gasteiger partial charge on any atom is 0.222 e. The molecule has 0 atom stereocenters. The highest BCUT2D eigenvalue weighted by Crippen LogP contribution is 2.23. The van der Waals surface area contributed by atoms with E-state index in [0.717, 1.165) is 11.3 Å². The molecule has 0 aromatic heterocycles. The first-order chi connectivity index (χ1) is 13.5. The molecule has 3 rings (SSSR count). The van der Waals surface area contributed by atoms with Crippen LogP contribution in [0.1, 0.15) is 50.9 Å². The molecule has 0 unspecified atom stereocenters. The van der Waals surface area contributed by atoms with Crippen LogP contribution >= 0.6 is 23.2 Å². The van der Waals surface area contributed by atoms with Crippen molar-refractivity contribution in [2.45, 2.75) is 40.5 Å². The van der Waals surface area contributed by atoms with Crippen LogP contribution in [0.4, 0.5) is 0 Å². The molecule has 28 heavy (non-hydrogen) atoms. The average molecular weight is 429 g/mol. The molecular weight excluding hydrogens is 399 g/mol. The van der Waals surface area contributed by atoms with Gasteiger partial charge in [-0.2, -0.15) is 0 Å². The lowest BCUT2D eigenvalue weighted by Crippen LogP contribution is -2.14. The number of carbonyl (C=O) groups excluding carboxylic acids is 2. The summed E-state index contributed by atoms with van der Waals surface area (Å²) in [7, 11) is 0. The van der Waals surface area contributed by atoms with Crippen LogP contribution in [0.25, 0.3) is 0 Å². The molecule has 156 valence electrons. The molecule has 1 heterocycles. The minimum Gasteiger partial charge on any atom is -0.508 e. The number of rotatable bonds is 2. The summed E-state index contributed by atoms with van der Waals surface area (Å²) in [4.78, 5) is 20.9. The van der Waals surface area contributed by atoms with Gasteiger partial charge in [-0.15, -0.1) is 11.6 Å². The molecule has 2 aromatic carbocycles. The van der Waals surface area contributed by atoms with Gasteiger partial charge in [-0.1, -0.05) is 58.0 Å². The van der Waals surface area contributed by atoms with Crippen LogP contribution in [0, 0.1) is 0 Å². The fraction of sp³-hybridized carbons (Fsp3) is 0.364. The number of phenols is 1.